The van der Waals surface area contributed by atoms with Gasteiger partial charge in [-0.15, -0.1) is 0 Å². The van der Waals surface area contributed by atoms with Crippen LogP contribution in [0.25, 0.3) is 16.9 Å². The Bertz CT molecular complexity index is 1640. The first-order chi connectivity index (χ1) is 20.8. The molecule has 0 unspecified atom stereocenters. The molecule has 0 aliphatic heterocycles. The minimum Gasteiger partial charge on any atom is -0.508 e. The lowest BCUT2D eigenvalue weighted by molar-refractivity contribution is -0.153. The number of aromatic hydroxyl groups is 1. The van der Waals surface area contributed by atoms with Crippen molar-refractivity contribution in [3.8, 4) is 16.9 Å². The predicted octanol–water partition coefficient (Wildman–Crippen LogP) is 1.40. The Hall–Kier alpha value is -4.52. The molecule has 1 saturated carbocycles. The van der Waals surface area contributed by atoms with Gasteiger partial charge < -0.3 is 36.2 Å². The molecule has 12 nitrogen and oxygen atoms in total. The van der Waals surface area contributed by atoms with E-state index in [0.717, 1.165) is 0 Å². The number of benzene rings is 2. The summed E-state index contributed by atoms with van der Waals surface area (Å²) in [5, 5.41) is 48.0. The van der Waals surface area contributed by atoms with Gasteiger partial charge in [0.2, 0.25) is 5.78 Å². The molecule has 12 heteroatoms. The summed E-state index contributed by atoms with van der Waals surface area (Å²) in [6.45, 7) is 0.935. The van der Waals surface area contributed by atoms with Gasteiger partial charge in [0.1, 0.15) is 22.8 Å². The number of phenols is 1. The van der Waals surface area contributed by atoms with Crippen molar-refractivity contribution in [1.82, 2.24) is 10.2 Å². The fourth-order valence-electron chi connectivity index (χ4n) is 6.86. The number of carbonyl (C=O) groups is 4. The smallest absolute Gasteiger partial charge is 0.255 e. The number of rotatable bonds is 8. The van der Waals surface area contributed by atoms with Gasteiger partial charge in [-0.25, -0.2) is 0 Å². The molecule has 0 radical (unpaired) electrons. The Balaban J connectivity index is 1.61. The van der Waals surface area contributed by atoms with E-state index in [-0.39, 0.29) is 35.6 Å². The Morgan fingerprint density at radius 3 is 2.52 bits per heavy atom. The second-order valence-corrected chi connectivity index (χ2v) is 11.6. The maximum absolute atomic E-state index is 14.0. The Morgan fingerprint density at radius 2 is 1.86 bits per heavy atom. The zero-order valence-corrected chi connectivity index (χ0v) is 24.6. The molecule has 44 heavy (non-hydrogen) atoms. The van der Waals surface area contributed by atoms with Crippen molar-refractivity contribution in [3.05, 3.63) is 70.0 Å². The van der Waals surface area contributed by atoms with E-state index < -0.39 is 58.0 Å². The molecule has 0 aromatic heterocycles. The highest BCUT2D eigenvalue weighted by molar-refractivity contribution is 6.24. The van der Waals surface area contributed by atoms with Crippen LogP contribution in [0.1, 0.15) is 34.3 Å². The lowest BCUT2D eigenvalue weighted by Gasteiger charge is -2.50. The van der Waals surface area contributed by atoms with Crippen LogP contribution in [0.15, 0.2) is 53.3 Å². The van der Waals surface area contributed by atoms with E-state index in [9.17, 15) is 39.6 Å². The molecule has 0 saturated heterocycles. The molecular formula is C32H35N3O9. The number of aliphatic hydroxyl groups excluding tert-OH is 2. The van der Waals surface area contributed by atoms with Gasteiger partial charge >= 0.3 is 0 Å². The van der Waals surface area contributed by atoms with Gasteiger partial charge in [0, 0.05) is 37.3 Å². The van der Waals surface area contributed by atoms with E-state index in [0.29, 0.717) is 41.8 Å². The highest BCUT2D eigenvalue weighted by Crippen LogP contribution is 2.53. The first-order valence-electron chi connectivity index (χ1n) is 14.2. The van der Waals surface area contributed by atoms with Crippen molar-refractivity contribution in [3.63, 3.8) is 0 Å². The highest BCUT2D eigenvalue weighted by atomic mass is 16.5. The number of likely N-dealkylation sites (N-methyl/N-ethyl adjacent to an activating group) is 1. The number of nitrogens with one attached hydrogen (secondary N) is 1. The summed E-state index contributed by atoms with van der Waals surface area (Å²) in [5.74, 6) is -7.38. The van der Waals surface area contributed by atoms with Crippen LogP contribution in [0.4, 0.5) is 0 Å². The average Bonchev–Trinajstić information content (AvgIpc) is 2.97. The average molecular weight is 606 g/mol. The molecule has 7 N–H and O–H groups in total. The summed E-state index contributed by atoms with van der Waals surface area (Å²) < 4.78 is 5.02. The molecule has 232 valence electrons. The van der Waals surface area contributed by atoms with Gasteiger partial charge in [-0.05, 0) is 74.2 Å². The SMILES string of the molecule is COCCCNC(=O)c1cccc(-c2ccc(O)c3c2C[C@H]2C[C@H]4[C@H](N(C)C)C(=O)C(C(N)=O)=C(O)[C@@]4(O)C(=O)C2=C3O)c1. The summed E-state index contributed by atoms with van der Waals surface area (Å²) >= 11 is 0. The molecule has 0 bridgehead atoms. The molecule has 0 spiro atoms. The largest absolute Gasteiger partial charge is 0.508 e. The van der Waals surface area contributed by atoms with E-state index in [1.807, 2.05) is 0 Å². The van der Waals surface area contributed by atoms with Crippen molar-refractivity contribution >= 4 is 29.1 Å². The summed E-state index contributed by atoms with van der Waals surface area (Å²) in [6.07, 6.45) is 0.756. The zero-order valence-electron chi connectivity index (χ0n) is 24.6. The number of ether oxygens (including phenoxy) is 1. The number of amides is 2. The van der Waals surface area contributed by atoms with Gasteiger partial charge in [0.15, 0.2) is 11.4 Å². The van der Waals surface area contributed by atoms with Crippen LogP contribution < -0.4 is 11.1 Å². The first kappa shape index (κ1) is 30.9. The van der Waals surface area contributed by atoms with E-state index in [4.69, 9.17) is 10.5 Å². The van der Waals surface area contributed by atoms with E-state index in [1.165, 1.54) is 11.0 Å². The van der Waals surface area contributed by atoms with Gasteiger partial charge in [-0.2, -0.15) is 0 Å². The minimum absolute atomic E-state index is 0.0202. The number of fused-ring (bicyclic) bond motifs is 3. The third-order valence-corrected chi connectivity index (χ3v) is 8.85. The van der Waals surface area contributed by atoms with Crippen molar-refractivity contribution in [2.24, 2.45) is 17.6 Å². The summed E-state index contributed by atoms with van der Waals surface area (Å²) in [4.78, 5) is 53.7. The van der Waals surface area contributed by atoms with Crippen molar-refractivity contribution in [2.45, 2.75) is 30.9 Å². The molecule has 2 aromatic rings. The van der Waals surface area contributed by atoms with Crippen molar-refractivity contribution < 1.29 is 44.3 Å². The molecular weight excluding hydrogens is 570 g/mol. The molecule has 3 aliphatic rings. The first-order valence-corrected chi connectivity index (χ1v) is 14.2. The second-order valence-electron chi connectivity index (χ2n) is 11.6. The molecule has 1 fully saturated rings. The number of nitrogens with two attached hydrogens (primary N) is 1. The number of ketones is 2. The molecule has 2 amide bonds. The van der Waals surface area contributed by atoms with Crippen LogP contribution in [0.2, 0.25) is 0 Å². The Morgan fingerprint density at radius 1 is 1.14 bits per heavy atom. The number of carbonyl (C=O) groups excluding carboxylic acids is 4. The number of hydrogen-bond acceptors (Lipinski definition) is 10. The van der Waals surface area contributed by atoms with E-state index in [2.05, 4.69) is 5.32 Å². The molecule has 4 atom stereocenters. The number of phenolic OH excluding ortho intramolecular Hbond substituents is 1. The number of methoxy groups -OCH3 is 1. The number of primary amides is 1. The van der Waals surface area contributed by atoms with Crippen LogP contribution >= 0.6 is 0 Å². The quantitative estimate of drug-likeness (QED) is 0.189. The number of aliphatic hydroxyl groups is 3. The molecule has 0 heterocycles. The normalized spacial score (nSPS) is 24.6. The molecule has 2 aromatic carbocycles. The van der Waals surface area contributed by atoms with Gasteiger partial charge in [0.05, 0.1) is 11.6 Å². The minimum atomic E-state index is -2.71. The monoisotopic (exact) mass is 605 g/mol. The summed E-state index contributed by atoms with van der Waals surface area (Å²) in [5.41, 5.74) is 3.70. The summed E-state index contributed by atoms with van der Waals surface area (Å²) in [7, 11) is 4.67. The molecule has 5 rings (SSSR count). The predicted molar refractivity (Wildman–Crippen MR) is 159 cm³/mol. The van der Waals surface area contributed by atoms with Gasteiger partial charge in [-0.1, -0.05) is 18.2 Å². The van der Waals surface area contributed by atoms with Crippen molar-refractivity contribution in [1.29, 1.82) is 0 Å². The standard InChI is InChI=1S/C32H35N3O9/c1-35(2)25-20-14-17-13-19-18(15-6-4-7-16(12-15)31(42)34-10-5-11-44-3)8-9-21(36)23(19)26(37)22(17)28(39)32(20,43)29(40)24(27(25)38)30(33)41/h4,6-9,12,17,20,25,36-37,40,43H,5,10-11,13-14H2,1-3H3,(H2,33,41)(H,34,42)/t17-,20-,25-,32-/m0/s1. The van der Waals surface area contributed by atoms with Gasteiger partial charge in [-0.3, -0.25) is 24.1 Å². The van der Waals surface area contributed by atoms with Gasteiger partial charge in [0.25, 0.3) is 11.8 Å². The van der Waals surface area contributed by atoms with Crippen LogP contribution in [-0.2, 0) is 25.5 Å². The second kappa shape index (κ2) is 11.5. The maximum Gasteiger partial charge on any atom is 0.255 e. The molecule has 3 aliphatic carbocycles. The number of nitrogens with zero attached hydrogens (tertiary/aromatic N) is 1. The fraction of sp³-hybridized carbons (Fsp3) is 0.375. The van der Waals surface area contributed by atoms with Crippen LogP contribution in [0, 0.1) is 11.8 Å². The number of hydrogen-bond donors (Lipinski definition) is 6. The Kier molecular flexibility index (Phi) is 8.10. The third-order valence-electron chi connectivity index (χ3n) is 8.85. The van der Waals surface area contributed by atoms with E-state index in [1.54, 1.807) is 51.5 Å². The van der Waals surface area contributed by atoms with Crippen LogP contribution in [0.5, 0.6) is 5.75 Å². The lowest BCUT2D eigenvalue weighted by atomic mass is 9.57. The van der Waals surface area contributed by atoms with E-state index >= 15 is 0 Å². The summed E-state index contributed by atoms with van der Waals surface area (Å²) in [6, 6.07) is 8.70. The Labute approximate surface area is 253 Å². The maximum atomic E-state index is 14.0. The van der Waals surface area contributed by atoms with Crippen LogP contribution in [0.3, 0.4) is 0 Å². The highest BCUT2D eigenvalue weighted by Gasteiger charge is 2.64. The lowest BCUT2D eigenvalue weighted by Crippen LogP contribution is -2.65. The number of Topliss-reactive ketones (excluding diaryl/α,β-unsaturated/α-hetero) is 2. The van der Waals surface area contributed by atoms with Crippen molar-refractivity contribution in [2.75, 3.05) is 34.4 Å². The zero-order chi connectivity index (χ0) is 32.1. The fourth-order valence-corrected chi connectivity index (χ4v) is 6.86. The topological polar surface area (TPSA) is 200 Å². The van der Waals surface area contributed by atoms with Crippen LogP contribution in [-0.4, -0.2) is 94.7 Å². The third kappa shape index (κ3) is 4.75.